The fraction of sp³-hybridized carbons (Fsp3) is 0.200. The van der Waals surface area contributed by atoms with E-state index in [0.717, 1.165) is 12.8 Å². The highest BCUT2D eigenvalue weighted by atomic mass is 16.5. The molecule has 1 aromatic heterocycles. The lowest BCUT2D eigenvalue weighted by Crippen LogP contribution is -2.00. The molecule has 0 aliphatic heterocycles. The van der Waals surface area contributed by atoms with E-state index >= 15 is 0 Å². The van der Waals surface area contributed by atoms with Gasteiger partial charge in [0.05, 0.1) is 12.2 Å². The first-order chi connectivity index (χ1) is 8.90. The highest BCUT2D eigenvalue weighted by Gasteiger charge is 2.01. The number of nitrogens with zero attached hydrogens (tertiary/aromatic N) is 2. The predicted octanol–water partition coefficient (Wildman–Crippen LogP) is 2.96. The summed E-state index contributed by atoms with van der Waals surface area (Å²) in [5.74, 6) is 0.662. The van der Waals surface area contributed by atoms with Gasteiger partial charge in [0.2, 0.25) is 0 Å². The molecule has 0 spiro atoms. The van der Waals surface area contributed by atoms with Gasteiger partial charge in [-0.05, 0) is 42.7 Å². The van der Waals surface area contributed by atoms with Crippen molar-refractivity contribution < 1.29 is 4.74 Å². The number of aromatic nitrogens is 1. The molecular formula is C15H14N2O. The Kier molecular flexibility index (Phi) is 4.32. The molecule has 2 aromatic rings. The molecule has 0 unspecified atom stereocenters. The van der Waals surface area contributed by atoms with Crippen molar-refractivity contribution in [1.29, 1.82) is 5.26 Å². The first-order valence-corrected chi connectivity index (χ1v) is 5.91. The second-order valence-electron chi connectivity index (χ2n) is 3.92. The van der Waals surface area contributed by atoms with Crippen molar-refractivity contribution in [2.75, 3.05) is 6.61 Å². The number of para-hydroxylation sites is 1. The van der Waals surface area contributed by atoms with E-state index in [1.807, 2.05) is 30.3 Å². The summed E-state index contributed by atoms with van der Waals surface area (Å²) in [5, 5.41) is 8.92. The van der Waals surface area contributed by atoms with Crippen LogP contribution in [0.3, 0.4) is 0 Å². The molecule has 0 N–H and O–H groups in total. The standard InChI is InChI=1S/C15H14N2O/c16-12-14-5-1-2-6-15(14)18-11-3-4-13-7-9-17-10-8-13/h1-2,5-10H,3-4,11H2. The monoisotopic (exact) mass is 238 g/mol. The van der Waals surface area contributed by atoms with E-state index in [9.17, 15) is 0 Å². The Morgan fingerprint density at radius 3 is 2.67 bits per heavy atom. The number of pyridine rings is 1. The number of aryl methyl sites for hydroxylation is 1. The van der Waals surface area contributed by atoms with Crippen LogP contribution in [0.25, 0.3) is 0 Å². The SMILES string of the molecule is N#Cc1ccccc1OCCCc1ccncc1. The van der Waals surface area contributed by atoms with Gasteiger partial charge in [-0.15, -0.1) is 0 Å². The Hall–Kier alpha value is -2.34. The zero-order chi connectivity index (χ0) is 12.6. The van der Waals surface area contributed by atoms with Crippen molar-refractivity contribution in [2.45, 2.75) is 12.8 Å². The van der Waals surface area contributed by atoms with Gasteiger partial charge in [0.15, 0.2) is 0 Å². The highest BCUT2D eigenvalue weighted by Crippen LogP contribution is 2.16. The molecule has 1 aromatic carbocycles. The third kappa shape index (κ3) is 3.33. The van der Waals surface area contributed by atoms with Crippen LogP contribution in [-0.4, -0.2) is 11.6 Å². The topological polar surface area (TPSA) is 45.9 Å². The maximum atomic E-state index is 8.92. The molecule has 0 aliphatic rings. The minimum atomic E-state index is 0.585. The van der Waals surface area contributed by atoms with Gasteiger partial charge in [0.1, 0.15) is 11.8 Å². The summed E-state index contributed by atoms with van der Waals surface area (Å²) in [4.78, 5) is 3.98. The minimum Gasteiger partial charge on any atom is -0.492 e. The van der Waals surface area contributed by atoms with E-state index in [2.05, 4.69) is 11.1 Å². The van der Waals surface area contributed by atoms with E-state index in [1.165, 1.54) is 5.56 Å². The highest BCUT2D eigenvalue weighted by molar-refractivity contribution is 5.42. The summed E-state index contributed by atoms with van der Waals surface area (Å²) in [5.41, 5.74) is 1.84. The molecule has 0 fully saturated rings. The molecule has 0 aliphatic carbocycles. The van der Waals surface area contributed by atoms with Crippen molar-refractivity contribution >= 4 is 0 Å². The summed E-state index contributed by atoms with van der Waals surface area (Å²) in [6.45, 7) is 0.612. The van der Waals surface area contributed by atoms with Crippen molar-refractivity contribution in [3.05, 3.63) is 59.9 Å². The average Bonchev–Trinajstić information content (AvgIpc) is 2.45. The van der Waals surface area contributed by atoms with Crippen LogP contribution in [0.1, 0.15) is 17.5 Å². The zero-order valence-corrected chi connectivity index (χ0v) is 10.0. The summed E-state index contributed by atoms with van der Waals surface area (Å²) < 4.78 is 5.61. The average molecular weight is 238 g/mol. The Balaban J connectivity index is 1.81. The second-order valence-corrected chi connectivity index (χ2v) is 3.92. The first kappa shape index (κ1) is 12.1. The lowest BCUT2D eigenvalue weighted by molar-refractivity contribution is 0.310. The Morgan fingerprint density at radius 2 is 1.89 bits per heavy atom. The molecule has 0 atom stereocenters. The number of hydrogen-bond donors (Lipinski definition) is 0. The van der Waals surface area contributed by atoms with Crippen LogP contribution in [0.5, 0.6) is 5.75 Å². The molecule has 18 heavy (non-hydrogen) atoms. The summed E-state index contributed by atoms with van der Waals surface area (Å²) >= 11 is 0. The van der Waals surface area contributed by atoms with Gasteiger partial charge in [-0.25, -0.2) is 0 Å². The Morgan fingerprint density at radius 1 is 1.11 bits per heavy atom. The third-order valence-electron chi connectivity index (χ3n) is 2.62. The van der Waals surface area contributed by atoms with Crippen LogP contribution in [0.15, 0.2) is 48.8 Å². The van der Waals surface area contributed by atoms with Crippen molar-refractivity contribution in [3.8, 4) is 11.8 Å². The molecule has 0 amide bonds. The van der Waals surface area contributed by atoms with E-state index in [-0.39, 0.29) is 0 Å². The van der Waals surface area contributed by atoms with Crippen molar-refractivity contribution in [1.82, 2.24) is 4.98 Å². The maximum Gasteiger partial charge on any atom is 0.137 e. The maximum absolute atomic E-state index is 8.92. The van der Waals surface area contributed by atoms with E-state index in [0.29, 0.717) is 17.9 Å². The van der Waals surface area contributed by atoms with Crippen LogP contribution in [0.2, 0.25) is 0 Å². The lowest BCUT2D eigenvalue weighted by atomic mass is 10.1. The van der Waals surface area contributed by atoms with Gasteiger partial charge in [-0.2, -0.15) is 5.26 Å². The quantitative estimate of drug-likeness (QED) is 0.752. The van der Waals surface area contributed by atoms with Crippen LogP contribution in [0, 0.1) is 11.3 Å². The van der Waals surface area contributed by atoms with Gasteiger partial charge in [-0.1, -0.05) is 12.1 Å². The fourth-order valence-corrected chi connectivity index (χ4v) is 1.69. The van der Waals surface area contributed by atoms with Gasteiger partial charge in [-0.3, -0.25) is 4.98 Å². The molecule has 90 valence electrons. The zero-order valence-electron chi connectivity index (χ0n) is 10.0. The number of hydrogen-bond acceptors (Lipinski definition) is 3. The Bertz CT molecular complexity index is 532. The molecule has 3 heteroatoms. The van der Waals surface area contributed by atoms with E-state index in [1.54, 1.807) is 18.5 Å². The van der Waals surface area contributed by atoms with Gasteiger partial charge >= 0.3 is 0 Å². The van der Waals surface area contributed by atoms with Crippen molar-refractivity contribution in [2.24, 2.45) is 0 Å². The minimum absolute atomic E-state index is 0.585. The molecule has 0 radical (unpaired) electrons. The molecular weight excluding hydrogens is 224 g/mol. The number of rotatable bonds is 5. The lowest BCUT2D eigenvalue weighted by Gasteiger charge is -2.07. The number of ether oxygens (including phenoxy) is 1. The second kappa shape index (κ2) is 6.41. The van der Waals surface area contributed by atoms with Crippen LogP contribution in [-0.2, 0) is 6.42 Å². The fourth-order valence-electron chi connectivity index (χ4n) is 1.69. The summed E-state index contributed by atoms with van der Waals surface area (Å²) in [6.07, 6.45) is 5.46. The molecule has 3 nitrogen and oxygen atoms in total. The molecule has 0 saturated carbocycles. The summed E-state index contributed by atoms with van der Waals surface area (Å²) in [7, 11) is 0. The van der Waals surface area contributed by atoms with E-state index < -0.39 is 0 Å². The smallest absolute Gasteiger partial charge is 0.137 e. The van der Waals surface area contributed by atoms with Crippen LogP contribution in [0.4, 0.5) is 0 Å². The van der Waals surface area contributed by atoms with E-state index in [4.69, 9.17) is 10.00 Å². The van der Waals surface area contributed by atoms with Crippen LogP contribution < -0.4 is 4.74 Å². The first-order valence-electron chi connectivity index (χ1n) is 5.91. The molecule has 2 rings (SSSR count). The van der Waals surface area contributed by atoms with Gasteiger partial charge in [0, 0.05) is 12.4 Å². The normalized spacial score (nSPS) is 9.72. The predicted molar refractivity (Wildman–Crippen MR) is 69.2 cm³/mol. The molecule has 0 bridgehead atoms. The number of benzene rings is 1. The van der Waals surface area contributed by atoms with Crippen molar-refractivity contribution in [3.63, 3.8) is 0 Å². The largest absolute Gasteiger partial charge is 0.492 e. The molecule has 0 saturated heterocycles. The number of nitriles is 1. The van der Waals surface area contributed by atoms with Gasteiger partial charge < -0.3 is 4.74 Å². The van der Waals surface area contributed by atoms with Crippen LogP contribution >= 0.6 is 0 Å². The Labute approximate surface area is 107 Å². The summed E-state index contributed by atoms with van der Waals surface area (Å²) in [6, 6.07) is 13.4. The van der Waals surface area contributed by atoms with Gasteiger partial charge in [0.25, 0.3) is 0 Å². The third-order valence-corrected chi connectivity index (χ3v) is 2.62. The molecule has 1 heterocycles.